The predicted octanol–water partition coefficient (Wildman–Crippen LogP) is 0.583. The van der Waals surface area contributed by atoms with Gasteiger partial charge in [-0.1, -0.05) is 30.3 Å². The molecule has 0 heterocycles. The highest BCUT2D eigenvalue weighted by molar-refractivity contribution is 5.33. The van der Waals surface area contributed by atoms with Crippen LogP contribution < -0.4 is 16.2 Å². The molecule has 0 radical (unpaired) electrons. The Hall–Kier alpha value is -1.48. The summed E-state index contributed by atoms with van der Waals surface area (Å²) < 4.78 is 0. The molecule has 0 spiro atoms. The summed E-state index contributed by atoms with van der Waals surface area (Å²) >= 11 is 0. The third-order valence-corrected chi connectivity index (χ3v) is 1.64. The molecule has 1 atom stereocenters. The Balaban J connectivity index is 3.36. The van der Waals surface area contributed by atoms with Crippen LogP contribution in [-0.2, 0) is 0 Å². The fourth-order valence-electron chi connectivity index (χ4n) is 1.13. The largest absolute Gasteiger partial charge is 0.325 e. The van der Waals surface area contributed by atoms with Crippen LogP contribution in [0, 0.1) is 5.53 Å². The van der Waals surface area contributed by atoms with Crippen molar-refractivity contribution in [1.82, 2.24) is 0 Å². The van der Waals surface area contributed by atoms with Crippen LogP contribution in [0.5, 0.6) is 0 Å². The summed E-state index contributed by atoms with van der Waals surface area (Å²) in [5, 5.41) is 5.19. The molecule has 0 amide bonds. The Morgan fingerprint density at radius 3 is 2.54 bits per heavy atom. The van der Waals surface area contributed by atoms with Gasteiger partial charge in [0.15, 0.2) is 0 Å². The zero-order chi connectivity index (χ0) is 9.68. The van der Waals surface area contributed by atoms with Crippen LogP contribution >= 0.6 is 0 Å². The normalized spacial score (nSPS) is 15.8. The van der Waals surface area contributed by atoms with Crippen LogP contribution in [0.15, 0.2) is 29.4 Å². The summed E-state index contributed by atoms with van der Waals surface area (Å²) in [5.74, 6) is 0. The van der Waals surface area contributed by atoms with Gasteiger partial charge >= 0.3 is 0 Å². The summed E-state index contributed by atoms with van der Waals surface area (Å²) in [6.45, 7) is 1.91. The maximum atomic E-state index is 6.74. The molecule has 0 aliphatic carbocycles. The standard InChI is InChI=1S/C10H13N3/c1-8(11)6-9-4-2-3-5-10(9)7-13-12/h2-8,12H,11H2,1H3/b9-6-,10-7-,13-12?. The molecule has 1 aromatic rings. The third-order valence-electron chi connectivity index (χ3n) is 1.64. The molecule has 1 aromatic carbocycles. The molecule has 0 saturated heterocycles. The minimum Gasteiger partial charge on any atom is -0.325 e. The van der Waals surface area contributed by atoms with E-state index in [4.69, 9.17) is 11.3 Å². The molecule has 68 valence electrons. The van der Waals surface area contributed by atoms with Crippen molar-refractivity contribution in [2.24, 2.45) is 10.8 Å². The molecular formula is C10H13N3. The van der Waals surface area contributed by atoms with E-state index >= 15 is 0 Å². The fourth-order valence-corrected chi connectivity index (χ4v) is 1.13. The van der Waals surface area contributed by atoms with Crippen molar-refractivity contribution in [2.45, 2.75) is 13.0 Å². The smallest absolute Gasteiger partial charge is 0.0567 e. The minimum absolute atomic E-state index is 0.0142. The van der Waals surface area contributed by atoms with Gasteiger partial charge in [-0.2, -0.15) is 5.11 Å². The first kappa shape index (κ1) is 9.61. The molecular weight excluding hydrogens is 162 g/mol. The molecule has 0 fully saturated rings. The number of nitrogens with zero attached hydrogens (tertiary/aromatic N) is 1. The van der Waals surface area contributed by atoms with E-state index in [-0.39, 0.29) is 6.04 Å². The highest BCUT2D eigenvalue weighted by atomic mass is 14.9. The maximum Gasteiger partial charge on any atom is 0.0567 e. The van der Waals surface area contributed by atoms with Crippen LogP contribution in [0.2, 0.25) is 0 Å². The van der Waals surface area contributed by atoms with Crippen LogP contribution in [-0.4, -0.2) is 6.04 Å². The zero-order valence-corrected chi connectivity index (χ0v) is 7.57. The number of nitrogens with one attached hydrogen (secondary N) is 1. The van der Waals surface area contributed by atoms with Crippen molar-refractivity contribution in [2.75, 3.05) is 0 Å². The third kappa shape index (κ3) is 2.80. The zero-order valence-electron chi connectivity index (χ0n) is 7.57. The lowest BCUT2D eigenvalue weighted by atomic mass is 10.2. The highest BCUT2D eigenvalue weighted by Gasteiger charge is 1.87. The number of hydrogen-bond donors (Lipinski definition) is 2. The summed E-state index contributed by atoms with van der Waals surface area (Å²) in [4.78, 5) is 0. The summed E-state index contributed by atoms with van der Waals surface area (Å²) in [7, 11) is 0. The Bertz CT molecular complexity index is 393. The number of benzene rings is 1. The first-order valence-corrected chi connectivity index (χ1v) is 4.13. The van der Waals surface area contributed by atoms with Gasteiger partial charge in [0.2, 0.25) is 0 Å². The Morgan fingerprint density at radius 1 is 1.38 bits per heavy atom. The molecule has 0 saturated carbocycles. The quantitative estimate of drug-likeness (QED) is 0.635. The second-order valence-corrected chi connectivity index (χ2v) is 2.91. The van der Waals surface area contributed by atoms with Crippen LogP contribution in [0.1, 0.15) is 6.92 Å². The van der Waals surface area contributed by atoms with Gasteiger partial charge in [0, 0.05) is 11.3 Å². The molecule has 1 unspecified atom stereocenters. The fraction of sp³-hybridized carbons (Fsp3) is 0.200. The summed E-state index contributed by atoms with van der Waals surface area (Å²) in [6, 6.07) is 7.73. The first-order chi connectivity index (χ1) is 6.24. The van der Waals surface area contributed by atoms with E-state index in [1.54, 1.807) is 0 Å². The minimum atomic E-state index is 0.0142. The van der Waals surface area contributed by atoms with E-state index < -0.39 is 0 Å². The molecule has 0 aliphatic heterocycles. The Morgan fingerprint density at radius 2 is 2.00 bits per heavy atom. The predicted molar refractivity (Wildman–Crippen MR) is 53.4 cm³/mol. The average molecular weight is 175 g/mol. The topological polar surface area (TPSA) is 62.2 Å². The van der Waals surface area contributed by atoms with Crippen molar-refractivity contribution in [1.29, 1.82) is 5.53 Å². The van der Waals surface area contributed by atoms with E-state index in [9.17, 15) is 0 Å². The van der Waals surface area contributed by atoms with Gasteiger partial charge in [0.25, 0.3) is 0 Å². The van der Waals surface area contributed by atoms with Gasteiger partial charge < -0.3 is 5.73 Å². The van der Waals surface area contributed by atoms with E-state index in [2.05, 4.69) is 5.11 Å². The van der Waals surface area contributed by atoms with E-state index in [0.717, 1.165) is 10.4 Å². The maximum absolute atomic E-state index is 6.74. The van der Waals surface area contributed by atoms with Gasteiger partial charge in [-0.3, -0.25) is 0 Å². The molecule has 0 bridgehead atoms. The van der Waals surface area contributed by atoms with Crippen LogP contribution in [0.25, 0.3) is 12.3 Å². The average Bonchev–Trinajstić information content (AvgIpc) is 2.08. The number of rotatable bonds is 2. The van der Waals surface area contributed by atoms with Crippen LogP contribution in [0.4, 0.5) is 0 Å². The number of hydrogen-bond acceptors (Lipinski definition) is 3. The second-order valence-electron chi connectivity index (χ2n) is 2.91. The van der Waals surface area contributed by atoms with Gasteiger partial charge in [0.1, 0.15) is 0 Å². The number of nitrogens with two attached hydrogens (primary N) is 1. The van der Waals surface area contributed by atoms with Crippen molar-refractivity contribution >= 4 is 12.3 Å². The van der Waals surface area contributed by atoms with Crippen molar-refractivity contribution < 1.29 is 0 Å². The Labute approximate surface area is 77.1 Å². The monoisotopic (exact) mass is 175 g/mol. The van der Waals surface area contributed by atoms with Gasteiger partial charge in [0.05, 0.1) is 6.20 Å². The molecule has 3 heteroatoms. The lowest BCUT2D eigenvalue weighted by molar-refractivity contribution is 0.970. The van der Waals surface area contributed by atoms with Crippen molar-refractivity contribution in [3.63, 3.8) is 0 Å². The van der Waals surface area contributed by atoms with Crippen molar-refractivity contribution in [3.05, 3.63) is 34.7 Å². The molecule has 3 N–H and O–H groups in total. The van der Waals surface area contributed by atoms with Gasteiger partial charge in [-0.05, 0) is 12.1 Å². The molecule has 13 heavy (non-hydrogen) atoms. The molecule has 1 rings (SSSR count). The highest BCUT2D eigenvalue weighted by Crippen LogP contribution is 1.77. The molecule has 0 aliphatic rings. The molecule has 3 nitrogen and oxygen atoms in total. The van der Waals surface area contributed by atoms with E-state index in [1.165, 1.54) is 6.20 Å². The van der Waals surface area contributed by atoms with Gasteiger partial charge in [-0.15, -0.1) is 0 Å². The SMILES string of the molecule is CC(N)/C=c1/cccc/c1=C/N=N. The first-order valence-electron chi connectivity index (χ1n) is 4.13. The van der Waals surface area contributed by atoms with E-state index in [0.29, 0.717) is 0 Å². The molecule has 0 aromatic heterocycles. The van der Waals surface area contributed by atoms with Crippen LogP contribution in [0.3, 0.4) is 0 Å². The van der Waals surface area contributed by atoms with Gasteiger partial charge in [-0.25, -0.2) is 5.53 Å². The second kappa shape index (κ2) is 4.52. The van der Waals surface area contributed by atoms with Crippen molar-refractivity contribution in [3.8, 4) is 0 Å². The summed E-state index contributed by atoms with van der Waals surface area (Å²) in [5.41, 5.74) is 12.4. The lowest BCUT2D eigenvalue weighted by Gasteiger charge is -1.94. The summed E-state index contributed by atoms with van der Waals surface area (Å²) in [6.07, 6.45) is 3.45. The lowest BCUT2D eigenvalue weighted by Crippen LogP contribution is -2.27. The Kier molecular flexibility index (Phi) is 3.34. The van der Waals surface area contributed by atoms with E-state index in [1.807, 2.05) is 37.3 Å².